The van der Waals surface area contributed by atoms with Crippen LogP contribution in [0.3, 0.4) is 0 Å². The van der Waals surface area contributed by atoms with Crippen LogP contribution in [0.1, 0.15) is 62.3 Å². The van der Waals surface area contributed by atoms with Crippen LogP contribution in [0.25, 0.3) is 11.1 Å². The van der Waals surface area contributed by atoms with Crippen molar-refractivity contribution in [3.05, 3.63) is 16.8 Å². The first-order valence-corrected chi connectivity index (χ1v) is 8.21. The van der Waals surface area contributed by atoms with Crippen molar-refractivity contribution in [1.29, 1.82) is 0 Å². The maximum Gasteiger partial charge on any atom is 0.261 e. The van der Waals surface area contributed by atoms with Crippen molar-refractivity contribution in [2.75, 3.05) is 6.61 Å². The summed E-state index contributed by atoms with van der Waals surface area (Å²) in [5.41, 5.74) is 4.23. The summed E-state index contributed by atoms with van der Waals surface area (Å²) in [5, 5.41) is 5.19. The molecule has 114 valence electrons. The van der Waals surface area contributed by atoms with Crippen molar-refractivity contribution < 1.29 is 9.26 Å². The molecule has 0 saturated heterocycles. The van der Waals surface area contributed by atoms with Gasteiger partial charge in [0.2, 0.25) is 5.88 Å². The van der Waals surface area contributed by atoms with E-state index in [1.165, 1.54) is 43.2 Å². The lowest BCUT2D eigenvalue weighted by Gasteiger charge is -2.19. The number of hydrogen-bond acceptors (Lipinski definition) is 4. The molecule has 2 aromatic heterocycles. The largest absolute Gasteiger partial charge is 0.477 e. The summed E-state index contributed by atoms with van der Waals surface area (Å²) >= 11 is 0. The maximum absolute atomic E-state index is 5.97. The second-order valence-corrected chi connectivity index (χ2v) is 5.94. The number of pyridine rings is 1. The molecule has 3 rings (SSSR count). The fraction of sp³-hybridized carbons (Fsp3) is 0.647. The molecular formula is C17H24N2O2. The number of unbranched alkanes of at least 4 members (excludes halogenated alkanes) is 3. The van der Waals surface area contributed by atoms with Crippen LogP contribution in [0.5, 0.6) is 5.88 Å². The van der Waals surface area contributed by atoms with Gasteiger partial charge in [-0.05, 0) is 44.6 Å². The Hall–Kier alpha value is -1.58. The fourth-order valence-electron chi connectivity index (χ4n) is 3.18. The normalized spacial score (nSPS) is 14.4. The van der Waals surface area contributed by atoms with Crippen molar-refractivity contribution in [2.45, 2.75) is 65.2 Å². The van der Waals surface area contributed by atoms with Crippen LogP contribution in [0, 0.1) is 6.92 Å². The molecule has 0 fully saturated rings. The molecule has 0 bridgehead atoms. The molecule has 1 aliphatic rings. The number of hydrogen-bond donors (Lipinski definition) is 0. The summed E-state index contributed by atoms with van der Waals surface area (Å²) in [5.74, 6) is 0.782. The molecule has 4 heteroatoms. The highest BCUT2D eigenvalue weighted by Crippen LogP contribution is 2.35. The summed E-state index contributed by atoms with van der Waals surface area (Å²) in [7, 11) is 0. The highest BCUT2D eigenvalue weighted by atomic mass is 16.5. The monoisotopic (exact) mass is 288 g/mol. The molecule has 0 spiro atoms. The summed E-state index contributed by atoms with van der Waals surface area (Å²) in [6.45, 7) is 4.96. The summed E-state index contributed by atoms with van der Waals surface area (Å²) in [6, 6.07) is 0. The van der Waals surface area contributed by atoms with Crippen LogP contribution < -0.4 is 4.74 Å². The molecule has 2 aromatic rings. The maximum atomic E-state index is 5.97. The average Bonchev–Trinajstić information content (AvgIpc) is 2.88. The van der Waals surface area contributed by atoms with Gasteiger partial charge in [0.05, 0.1) is 17.7 Å². The summed E-state index contributed by atoms with van der Waals surface area (Å²) < 4.78 is 11.3. The van der Waals surface area contributed by atoms with Gasteiger partial charge in [-0.1, -0.05) is 31.3 Å². The molecule has 0 amide bonds. The van der Waals surface area contributed by atoms with E-state index < -0.39 is 0 Å². The van der Waals surface area contributed by atoms with Gasteiger partial charge in [-0.3, -0.25) is 0 Å². The van der Waals surface area contributed by atoms with Gasteiger partial charge in [0.15, 0.2) is 0 Å². The van der Waals surface area contributed by atoms with Gasteiger partial charge in [-0.15, -0.1) is 0 Å². The lowest BCUT2D eigenvalue weighted by molar-refractivity contribution is 0.288. The Balaban J connectivity index is 1.84. The van der Waals surface area contributed by atoms with Gasteiger partial charge >= 0.3 is 0 Å². The van der Waals surface area contributed by atoms with E-state index in [4.69, 9.17) is 9.26 Å². The van der Waals surface area contributed by atoms with Crippen molar-refractivity contribution in [2.24, 2.45) is 0 Å². The second kappa shape index (κ2) is 6.46. The first-order valence-electron chi connectivity index (χ1n) is 8.21. The van der Waals surface area contributed by atoms with Crippen LogP contribution in [0.15, 0.2) is 4.52 Å². The van der Waals surface area contributed by atoms with Crippen LogP contribution in [-0.4, -0.2) is 16.7 Å². The molecule has 21 heavy (non-hydrogen) atoms. The average molecular weight is 288 g/mol. The fourth-order valence-corrected chi connectivity index (χ4v) is 3.18. The number of fused-ring (bicyclic) bond motifs is 3. The smallest absolute Gasteiger partial charge is 0.261 e. The molecule has 0 unspecified atom stereocenters. The van der Waals surface area contributed by atoms with Crippen LogP contribution in [0.4, 0.5) is 0 Å². The van der Waals surface area contributed by atoms with Crippen molar-refractivity contribution >= 4 is 11.1 Å². The molecule has 2 heterocycles. The van der Waals surface area contributed by atoms with Gasteiger partial charge in [-0.25, -0.2) is 0 Å². The number of ether oxygens (including phenoxy) is 1. The molecule has 0 aromatic carbocycles. The molecule has 0 atom stereocenters. The number of aromatic nitrogens is 2. The lowest BCUT2D eigenvalue weighted by Crippen LogP contribution is -2.09. The predicted octanol–water partition coefficient (Wildman–Crippen LogP) is 4.37. The predicted molar refractivity (Wildman–Crippen MR) is 82.8 cm³/mol. The van der Waals surface area contributed by atoms with Crippen LogP contribution in [-0.2, 0) is 12.8 Å². The number of nitrogens with zero attached hydrogens (tertiary/aromatic N) is 2. The Kier molecular flexibility index (Phi) is 4.42. The lowest BCUT2D eigenvalue weighted by atomic mass is 9.90. The minimum absolute atomic E-state index is 0.636. The van der Waals surface area contributed by atoms with Crippen molar-refractivity contribution in [1.82, 2.24) is 10.1 Å². The molecular weight excluding hydrogens is 264 g/mol. The Morgan fingerprint density at radius 2 is 1.90 bits per heavy atom. The van der Waals surface area contributed by atoms with Gasteiger partial charge in [0, 0.05) is 5.56 Å². The van der Waals surface area contributed by atoms with Crippen LogP contribution in [0.2, 0.25) is 0 Å². The molecule has 0 saturated carbocycles. The molecule has 4 nitrogen and oxygen atoms in total. The second-order valence-electron chi connectivity index (χ2n) is 5.94. The zero-order chi connectivity index (χ0) is 14.7. The van der Waals surface area contributed by atoms with Crippen LogP contribution >= 0.6 is 0 Å². The van der Waals surface area contributed by atoms with Gasteiger partial charge in [0.1, 0.15) is 0 Å². The van der Waals surface area contributed by atoms with Crippen molar-refractivity contribution in [3.8, 4) is 5.88 Å². The minimum atomic E-state index is 0.636. The quantitative estimate of drug-likeness (QED) is 0.741. The van der Waals surface area contributed by atoms with Crippen molar-refractivity contribution in [3.63, 3.8) is 0 Å². The Labute approximate surface area is 125 Å². The van der Waals surface area contributed by atoms with Gasteiger partial charge < -0.3 is 9.26 Å². The number of aryl methyl sites for hydroxylation is 2. The van der Waals surface area contributed by atoms with Gasteiger partial charge in [0.25, 0.3) is 5.71 Å². The molecule has 0 N–H and O–H groups in total. The van der Waals surface area contributed by atoms with E-state index >= 15 is 0 Å². The Morgan fingerprint density at radius 1 is 1.10 bits per heavy atom. The van der Waals surface area contributed by atoms with E-state index in [2.05, 4.69) is 17.1 Å². The van der Waals surface area contributed by atoms with E-state index in [-0.39, 0.29) is 0 Å². The highest BCUT2D eigenvalue weighted by Gasteiger charge is 2.22. The Morgan fingerprint density at radius 3 is 2.71 bits per heavy atom. The number of rotatable bonds is 6. The van der Waals surface area contributed by atoms with E-state index in [0.29, 0.717) is 5.71 Å². The van der Waals surface area contributed by atoms with E-state index in [9.17, 15) is 0 Å². The minimum Gasteiger partial charge on any atom is -0.477 e. The molecule has 0 aliphatic heterocycles. The third-order valence-electron chi connectivity index (χ3n) is 4.31. The zero-order valence-corrected chi connectivity index (χ0v) is 13.1. The van der Waals surface area contributed by atoms with E-state index in [1.54, 1.807) is 0 Å². The topological polar surface area (TPSA) is 48.2 Å². The Bertz CT molecular complexity index is 619. The standard InChI is InChI=1S/C17H24N2O2/c1-3-4-5-8-11-20-16-14-10-7-6-9-13(14)15-12(2)19-21-17(15)18-16/h3-11H2,1-2H3. The van der Waals surface area contributed by atoms with E-state index in [1.807, 2.05) is 6.92 Å². The first kappa shape index (κ1) is 14.4. The molecule has 0 radical (unpaired) electrons. The SMILES string of the molecule is CCCCCCOc1nc2onc(C)c2c2c1CCCC2. The van der Waals surface area contributed by atoms with E-state index in [0.717, 1.165) is 42.8 Å². The molecule has 1 aliphatic carbocycles. The van der Waals surface area contributed by atoms with Gasteiger partial charge in [-0.2, -0.15) is 4.98 Å². The summed E-state index contributed by atoms with van der Waals surface area (Å²) in [6.07, 6.45) is 9.44. The zero-order valence-electron chi connectivity index (χ0n) is 13.1. The highest BCUT2D eigenvalue weighted by molar-refractivity contribution is 5.82. The third-order valence-corrected chi connectivity index (χ3v) is 4.31. The first-order chi connectivity index (χ1) is 10.3. The summed E-state index contributed by atoms with van der Waals surface area (Å²) in [4.78, 5) is 4.58. The third kappa shape index (κ3) is 2.89.